The number of nitrogens with one attached hydrogen (secondary N) is 1. The van der Waals surface area contributed by atoms with Crippen molar-refractivity contribution in [3.8, 4) is 0 Å². The van der Waals surface area contributed by atoms with Crippen LogP contribution in [-0.4, -0.2) is 42.4 Å². The Kier molecular flexibility index (Phi) is 4.01. The average Bonchev–Trinajstić information content (AvgIpc) is 2.77. The summed E-state index contributed by atoms with van der Waals surface area (Å²) in [6, 6.07) is 0.158. The molecule has 1 saturated heterocycles. The summed E-state index contributed by atoms with van der Waals surface area (Å²) in [5.74, 6) is 0.0742. The van der Waals surface area contributed by atoms with Crippen LogP contribution in [0.15, 0.2) is 0 Å². The molecule has 0 spiro atoms. The monoisotopic (exact) mass is 242 g/mol. The molecule has 0 aromatic heterocycles. The van der Waals surface area contributed by atoms with Crippen molar-refractivity contribution in [2.75, 3.05) is 19.8 Å². The van der Waals surface area contributed by atoms with Crippen molar-refractivity contribution in [2.24, 2.45) is 11.7 Å². The van der Waals surface area contributed by atoms with E-state index < -0.39 is 5.54 Å². The predicted octanol–water partition coefficient (Wildman–Crippen LogP) is -0.228. The van der Waals surface area contributed by atoms with Crippen molar-refractivity contribution in [1.29, 1.82) is 0 Å². The van der Waals surface area contributed by atoms with E-state index in [-0.39, 0.29) is 24.5 Å². The van der Waals surface area contributed by atoms with Crippen molar-refractivity contribution in [2.45, 2.75) is 43.7 Å². The fourth-order valence-corrected chi connectivity index (χ4v) is 2.70. The molecule has 0 aromatic rings. The maximum absolute atomic E-state index is 12.1. The Bertz CT molecular complexity index is 277. The molecule has 0 radical (unpaired) electrons. The van der Waals surface area contributed by atoms with Gasteiger partial charge in [0.15, 0.2) is 0 Å². The van der Waals surface area contributed by atoms with Crippen molar-refractivity contribution < 1.29 is 14.6 Å². The Hall–Kier alpha value is -0.650. The second-order valence-corrected chi connectivity index (χ2v) is 5.31. The number of aliphatic hydroxyl groups is 1. The minimum absolute atomic E-state index is 0.0130. The van der Waals surface area contributed by atoms with Gasteiger partial charge in [-0.2, -0.15) is 0 Å². The van der Waals surface area contributed by atoms with Gasteiger partial charge in [0.2, 0.25) is 5.91 Å². The van der Waals surface area contributed by atoms with E-state index in [1.807, 2.05) is 0 Å². The highest BCUT2D eigenvalue weighted by Gasteiger charge is 2.36. The molecule has 2 fully saturated rings. The van der Waals surface area contributed by atoms with Crippen LogP contribution in [0.2, 0.25) is 0 Å². The van der Waals surface area contributed by atoms with Gasteiger partial charge < -0.3 is 20.9 Å². The van der Waals surface area contributed by atoms with Crippen LogP contribution in [-0.2, 0) is 9.53 Å². The Morgan fingerprint density at radius 2 is 2.12 bits per heavy atom. The zero-order valence-corrected chi connectivity index (χ0v) is 10.2. The first-order chi connectivity index (χ1) is 8.15. The topological polar surface area (TPSA) is 84.6 Å². The summed E-state index contributed by atoms with van der Waals surface area (Å²) >= 11 is 0. The molecule has 1 saturated carbocycles. The molecule has 2 aliphatic rings. The number of carbonyl (C=O) groups is 1. The first-order valence-electron chi connectivity index (χ1n) is 6.41. The molecule has 1 heterocycles. The standard InChI is InChI=1S/C12H22N2O3/c13-10-2-1-9(7-10)11(16)14-12(8-15)3-5-17-6-4-12/h9-10,15H,1-8,13H2,(H,14,16). The number of hydrogen-bond donors (Lipinski definition) is 3. The van der Waals surface area contributed by atoms with Gasteiger partial charge >= 0.3 is 0 Å². The molecule has 2 atom stereocenters. The highest BCUT2D eigenvalue weighted by Crippen LogP contribution is 2.27. The zero-order chi connectivity index (χ0) is 12.3. The first-order valence-corrected chi connectivity index (χ1v) is 6.41. The smallest absolute Gasteiger partial charge is 0.223 e. The largest absolute Gasteiger partial charge is 0.394 e. The third-order valence-corrected chi connectivity index (χ3v) is 3.98. The van der Waals surface area contributed by atoms with E-state index in [0.29, 0.717) is 26.1 Å². The lowest BCUT2D eigenvalue weighted by Crippen LogP contribution is -2.55. The van der Waals surface area contributed by atoms with Gasteiger partial charge in [0.25, 0.3) is 0 Å². The highest BCUT2D eigenvalue weighted by atomic mass is 16.5. The molecular formula is C12H22N2O3. The Labute approximate surface area is 102 Å². The Morgan fingerprint density at radius 1 is 1.41 bits per heavy atom. The number of hydrogen-bond acceptors (Lipinski definition) is 4. The van der Waals surface area contributed by atoms with E-state index in [0.717, 1.165) is 19.3 Å². The molecule has 1 amide bonds. The van der Waals surface area contributed by atoms with Crippen LogP contribution in [0.1, 0.15) is 32.1 Å². The number of amides is 1. The van der Waals surface area contributed by atoms with Crippen LogP contribution < -0.4 is 11.1 Å². The van der Waals surface area contributed by atoms with Crippen molar-refractivity contribution in [3.05, 3.63) is 0 Å². The Balaban J connectivity index is 1.91. The lowest BCUT2D eigenvalue weighted by molar-refractivity contribution is -0.129. The third kappa shape index (κ3) is 2.97. The molecule has 0 bridgehead atoms. The summed E-state index contributed by atoms with van der Waals surface area (Å²) < 4.78 is 5.27. The minimum atomic E-state index is -0.470. The summed E-state index contributed by atoms with van der Waals surface area (Å²) in [6.07, 6.45) is 3.93. The summed E-state index contributed by atoms with van der Waals surface area (Å²) in [4.78, 5) is 12.1. The zero-order valence-electron chi connectivity index (χ0n) is 10.2. The second-order valence-electron chi connectivity index (χ2n) is 5.31. The lowest BCUT2D eigenvalue weighted by atomic mass is 9.90. The summed E-state index contributed by atoms with van der Waals surface area (Å²) in [7, 11) is 0. The number of carbonyl (C=O) groups excluding carboxylic acids is 1. The minimum Gasteiger partial charge on any atom is -0.394 e. The summed E-state index contributed by atoms with van der Waals surface area (Å²) in [5.41, 5.74) is 5.34. The molecule has 5 heteroatoms. The van der Waals surface area contributed by atoms with Crippen LogP contribution in [0, 0.1) is 5.92 Å². The normalized spacial score (nSPS) is 32.4. The van der Waals surface area contributed by atoms with Gasteiger partial charge in [-0.3, -0.25) is 4.79 Å². The van der Waals surface area contributed by atoms with Gasteiger partial charge in [-0.25, -0.2) is 0 Å². The first kappa shape index (κ1) is 12.8. The number of rotatable bonds is 3. The van der Waals surface area contributed by atoms with Crippen LogP contribution in [0.4, 0.5) is 0 Å². The van der Waals surface area contributed by atoms with Crippen LogP contribution in [0.25, 0.3) is 0 Å². The fraction of sp³-hybridized carbons (Fsp3) is 0.917. The molecule has 4 N–H and O–H groups in total. The van der Waals surface area contributed by atoms with E-state index in [1.165, 1.54) is 0 Å². The molecule has 1 aliphatic carbocycles. The quantitative estimate of drug-likeness (QED) is 0.638. The molecule has 5 nitrogen and oxygen atoms in total. The van der Waals surface area contributed by atoms with Gasteiger partial charge in [-0.05, 0) is 32.1 Å². The summed E-state index contributed by atoms with van der Waals surface area (Å²) in [6.45, 7) is 1.19. The van der Waals surface area contributed by atoms with Crippen molar-refractivity contribution in [3.63, 3.8) is 0 Å². The fourth-order valence-electron chi connectivity index (χ4n) is 2.70. The highest BCUT2D eigenvalue weighted by molar-refractivity contribution is 5.79. The molecule has 17 heavy (non-hydrogen) atoms. The maximum Gasteiger partial charge on any atom is 0.223 e. The summed E-state index contributed by atoms with van der Waals surface area (Å²) in [5, 5.41) is 12.5. The molecular weight excluding hydrogens is 220 g/mol. The second kappa shape index (κ2) is 5.33. The van der Waals surface area contributed by atoms with Gasteiger partial charge in [0.05, 0.1) is 12.1 Å². The maximum atomic E-state index is 12.1. The van der Waals surface area contributed by atoms with E-state index >= 15 is 0 Å². The average molecular weight is 242 g/mol. The van der Waals surface area contributed by atoms with E-state index in [2.05, 4.69) is 5.32 Å². The molecule has 98 valence electrons. The molecule has 1 aliphatic heterocycles. The van der Waals surface area contributed by atoms with Gasteiger partial charge in [0.1, 0.15) is 0 Å². The van der Waals surface area contributed by atoms with E-state index in [9.17, 15) is 9.90 Å². The van der Waals surface area contributed by atoms with Crippen LogP contribution in [0.5, 0.6) is 0 Å². The van der Waals surface area contributed by atoms with Crippen molar-refractivity contribution in [1.82, 2.24) is 5.32 Å². The molecule has 2 rings (SSSR count). The Morgan fingerprint density at radius 3 is 2.65 bits per heavy atom. The SMILES string of the molecule is NC1CCC(C(=O)NC2(CO)CCOCC2)C1. The number of nitrogens with two attached hydrogens (primary N) is 1. The predicted molar refractivity (Wildman–Crippen MR) is 63.3 cm³/mol. The lowest BCUT2D eigenvalue weighted by Gasteiger charge is -2.37. The van der Waals surface area contributed by atoms with E-state index in [1.54, 1.807) is 0 Å². The van der Waals surface area contributed by atoms with Gasteiger partial charge in [0, 0.05) is 25.2 Å². The third-order valence-electron chi connectivity index (χ3n) is 3.98. The van der Waals surface area contributed by atoms with Crippen LogP contribution >= 0.6 is 0 Å². The van der Waals surface area contributed by atoms with Gasteiger partial charge in [-0.15, -0.1) is 0 Å². The van der Waals surface area contributed by atoms with Gasteiger partial charge in [-0.1, -0.05) is 0 Å². The number of ether oxygens (including phenoxy) is 1. The van der Waals surface area contributed by atoms with Crippen molar-refractivity contribution >= 4 is 5.91 Å². The van der Waals surface area contributed by atoms with E-state index in [4.69, 9.17) is 10.5 Å². The van der Waals surface area contributed by atoms with Crippen LogP contribution in [0.3, 0.4) is 0 Å². The number of aliphatic hydroxyl groups excluding tert-OH is 1. The molecule has 2 unspecified atom stereocenters. The molecule has 0 aromatic carbocycles.